The number of carbonyl (C=O) groups excluding carboxylic acids is 1. The van der Waals surface area contributed by atoms with Crippen molar-refractivity contribution in [3.05, 3.63) is 29.8 Å². The van der Waals surface area contributed by atoms with Crippen molar-refractivity contribution in [1.82, 2.24) is 5.32 Å². The summed E-state index contributed by atoms with van der Waals surface area (Å²) < 4.78 is 16.7. The second kappa shape index (κ2) is 9.00. The van der Waals surface area contributed by atoms with Crippen LogP contribution in [0.15, 0.2) is 24.3 Å². The normalized spacial score (nSPS) is 28.8. The number of amides is 1. The second-order valence-corrected chi connectivity index (χ2v) is 5.96. The van der Waals surface area contributed by atoms with Crippen molar-refractivity contribution in [3.63, 3.8) is 0 Å². The Kier molecular flexibility index (Phi) is 6.98. The number of aliphatic hydroxyl groups is 3. The molecule has 0 aromatic heterocycles. The fraction of sp³-hybridized carbons (Fsp3) is 0.500. The number of hydrogen-bond donors (Lipinski definition) is 4. The van der Waals surface area contributed by atoms with Gasteiger partial charge in [-0.2, -0.15) is 0 Å². The first-order chi connectivity index (χ1) is 12.4. The van der Waals surface area contributed by atoms with Crippen molar-refractivity contribution in [3.8, 4) is 11.5 Å². The molecule has 0 spiro atoms. The fourth-order valence-corrected chi connectivity index (χ4v) is 2.77. The zero-order valence-electron chi connectivity index (χ0n) is 15.0. The van der Waals surface area contributed by atoms with E-state index in [1.54, 1.807) is 12.1 Å². The lowest BCUT2D eigenvalue weighted by atomic mass is 9.97. The molecule has 0 bridgehead atoms. The van der Waals surface area contributed by atoms with Gasteiger partial charge in [-0.15, -0.1) is 0 Å². The van der Waals surface area contributed by atoms with E-state index in [-0.39, 0.29) is 0 Å². The SMILES string of the molecule is C/C=C/c1ccc(O[C@@H]2O[C@H](CO)[C@H](O)[C@H](O)[C@H]2NC(C)=O)c(OC)c1. The third-order valence-electron chi connectivity index (χ3n) is 4.04. The Morgan fingerprint density at radius 2 is 2.04 bits per heavy atom. The Morgan fingerprint density at radius 3 is 2.62 bits per heavy atom. The number of allylic oxidation sites excluding steroid dienone is 1. The molecule has 1 amide bonds. The third-order valence-corrected chi connectivity index (χ3v) is 4.04. The van der Waals surface area contributed by atoms with E-state index in [0.717, 1.165) is 5.56 Å². The molecule has 1 aromatic carbocycles. The molecule has 144 valence electrons. The molecule has 0 unspecified atom stereocenters. The van der Waals surface area contributed by atoms with E-state index in [1.165, 1.54) is 14.0 Å². The maximum absolute atomic E-state index is 11.5. The van der Waals surface area contributed by atoms with Gasteiger partial charge < -0.3 is 34.8 Å². The molecule has 8 nitrogen and oxygen atoms in total. The molecule has 8 heteroatoms. The molecule has 5 atom stereocenters. The number of aliphatic hydroxyl groups excluding tert-OH is 3. The summed E-state index contributed by atoms with van der Waals surface area (Å²) in [6.45, 7) is 2.66. The molecule has 4 N–H and O–H groups in total. The van der Waals surface area contributed by atoms with Crippen LogP contribution in [0.5, 0.6) is 11.5 Å². The maximum Gasteiger partial charge on any atom is 0.223 e. The van der Waals surface area contributed by atoms with E-state index in [1.807, 2.05) is 25.1 Å². The quantitative estimate of drug-likeness (QED) is 0.561. The predicted molar refractivity (Wildman–Crippen MR) is 93.7 cm³/mol. The van der Waals surface area contributed by atoms with Crippen LogP contribution >= 0.6 is 0 Å². The lowest BCUT2D eigenvalue weighted by Gasteiger charge is -2.42. The highest BCUT2D eigenvalue weighted by Crippen LogP contribution is 2.32. The lowest BCUT2D eigenvalue weighted by molar-refractivity contribution is -0.244. The van der Waals surface area contributed by atoms with Crippen LogP contribution in [-0.4, -0.2) is 65.6 Å². The van der Waals surface area contributed by atoms with Crippen molar-refractivity contribution < 1.29 is 34.3 Å². The van der Waals surface area contributed by atoms with E-state index in [2.05, 4.69) is 5.32 Å². The minimum Gasteiger partial charge on any atom is -0.493 e. The fourth-order valence-electron chi connectivity index (χ4n) is 2.77. The average molecular weight is 367 g/mol. The molecule has 1 aromatic rings. The van der Waals surface area contributed by atoms with Gasteiger partial charge in [-0.1, -0.05) is 18.2 Å². The van der Waals surface area contributed by atoms with Crippen molar-refractivity contribution in [2.45, 2.75) is 44.5 Å². The van der Waals surface area contributed by atoms with E-state index >= 15 is 0 Å². The standard InChI is InChI=1S/C18H25NO7/c1-4-5-11-6-7-12(13(8-11)24-3)25-18-15(19-10(2)21)17(23)16(22)14(9-20)26-18/h4-8,14-18,20,22-23H,9H2,1-3H3,(H,19,21)/b5-4+/t14-,15-,16+,17-,18-/m1/s1. The van der Waals surface area contributed by atoms with Crippen LogP contribution < -0.4 is 14.8 Å². The predicted octanol–water partition coefficient (Wildman–Crippen LogP) is 0.0508. The van der Waals surface area contributed by atoms with Gasteiger partial charge >= 0.3 is 0 Å². The number of hydrogen-bond acceptors (Lipinski definition) is 7. The summed E-state index contributed by atoms with van der Waals surface area (Å²) in [5.74, 6) is 0.351. The Morgan fingerprint density at radius 1 is 1.31 bits per heavy atom. The van der Waals surface area contributed by atoms with Gasteiger partial charge in [-0.3, -0.25) is 4.79 Å². The molecule has 1 heterocycles. The molecule has 26 heavy (non-hydrogen) atoms. The Labute approximate surface area is 152 Å². The van der Waals surface area contributed by atoms with Gasteiger partial charge in [0.1, 0.15) is 24.4 Å². The summed E-state index contributed by atoms with van der Waals surface area (Å²) >= 11 is 0. The lowest BCUT2D eigenvalue weighted by Crippen LogP contribution is -2.65. The number of benzene rings is 1. The Hall–Kier alpha value is -2.13. The van der Waals surface area contributed by atoms with Crippen molar-refractivity contribution in [2.75, 3.05) is 13.7 Å². The Balaban J connectivity index is 2.29. The Bertz CT molecular complexity index is 648. The van der Waals surface area contributed by atoms with Crippen LogP contribution in [0.1, 0.15) is 19.4 Å². The first-order valence-electron chi connectivity index (χ1n) is 8.28. The van der Waals surface area contributed by atoms with Crippen molar-refractivity contribution in [1.29, 1.82) is 0 Å². The van der Waals surface area contributed by atoms with Gasteiger partial charge in [-0.25, -0.2) is 0 Å². The van der Waals surface area contributed by atoms with E-state index < -0.39 is 43.2 Å². The summed E-state index contributed by atoms with van der Waals surface area (Å²) in [7, 11) is 1.49. The first-order valence-corrected chi connectivity index (χ1v) is 8.28. The van der Waals surface area contributed by atoms with Gasteiger partial charge in [0.2, 0.25) is 12.2 Å². The van der Waals surface area contributed by atoms with Gasteiger partial charge in [0.15, 0.2) is 11.5 Å². The highest BCUT2D eigenvalue weighted by Gasteiger charge is 2.46. The molecule has 1 fully saturated rings. The topological polar surface area (TPSA) is 117 Å². The summed E-state index contributed by atoms with van der Waals surface area (Å²) in [5.41, 5.74) is 0.906. The van der Waals surface area contributed by atoms with Crippen molar-refractivity contribution in [2.24, 2.45) is 0 Å². The largest absolute Gasteiger partial charge is 0.493 e. The highest BCUT2D eigenvalue weighted by atomic mass is 16.7. The molecule has 0 radical (unpaired) electrons. The number of ether oxygens (including phenoxy) is 3. The molecule has 1 saturated heterocycles. The zero-order valence-corrected chi connectivity index (χ0v) is 15.0. The molecule has 0 aliphatic carbocycles. The average Bonchev–Trinajstić information content (AvgIpc) is 2.62. The van der Waals surface area contributed by atoms with Gasteiger partial charge in [0, 0.05) is 6.92 Å². The van der Waals surface area contributed by atoms with E-state index in [9.17, 15) is 20.1 Å². The summed E-state index contributed by atoms with van der Waals surface area (Å²) in [6, 6.07) is 4.22. The van der Waals surface area contributed by atoms with Crippen LogP contribution in [-0.2, 0) is 9.53 Å². The van der Waals surface area contributed by atoms with Crippen LogP contribution in [0.2, 0.25) is 0 Å². The first kappa shape index (κ1) is 20.2. The maximum atomic E-state index is 11.5. The summed E-state index contributed by atoms with van der Waals surface area (Å²) in [6.07, 6.45) is -1.13. The van der Waals surface area contributed by atoms with E-state index in [0.29, 0.717) is 11.5 Å². The molecular weight excluding hydrogens is 342 g/mol. The summed E-state index contributed by atoms with van der Waals surface area (Å²) in [5, 5.41) is 32.2. The number of nitrogens with one attached hydrogen (secondary N) is 1. The molecule has 0 saturated carbocycles. The number of rotatable bonds is 6. The molecule has 1 aliphatic heterocycles. The third kappa shape index (κ3) is 4.53. The highest BCUT2D eigenvalue weighted by molar-refractivity contribution is 5.73. The smallest absolute Gasteiger partial charge is 0.223 e. The van der Waals surface area contributed by atoms with Crippen LogP contribution in [0.25, 0.3) is 6.08 Å². The minimum atomic E-state index is -1.37. The second-order valence-electron chi connectivity index (χ2n) is 5.96. The van der Waals surface area contributed by atoms with Gasteiger partial charge in [-0.05, 0) is 24.6 Å². The van der Waals surface area contributed by atoms with Crippen LogP contribution in [0.3, 0.4) is 0 Å². The molecule has 2 rings (SSSR count). The van der Waals surface area contributed by atoms with Crippen LogP contribution in [0.4, 0.5) is 0 Å². The van der Waals surface area contributed by atoms with E-state index in [4.69, 9.17) is 14.2 Å². The molecular formula is C18H25NO7. The van der Waals surface area contributed by atoms with Gasteiger partial charge in [0.05, 0.1) is 13.7 Å². The number of carbonyl (C=O) groups is 1. The monoisotopic (exact) mass is 367 g/mol. The van der Waals surface area contributed by atoms with Crippen LogP contribution in [0, 0.1) is 0 Å². The minimum absolute atomic E-state index is 0.335. The molecule has 1 aliphatic rings. The number of methoxy groups -OCH3 is 1. The summed E-state index contributed by atoms with van der Waals surface area (Å²) in [4.78, 5) is 11.5. The van der Waals surface area contributed by atoms with Gasteiger partial charge in [0.25, 0.3) is 0 Å². The zero-order chi connectivity index (χ0) is 19.3. The van der Waals surface area contributed by atoms with Crippen molar-refractivity contribution >= 4 is 12.0 Å².